The predicted molar refractivity (Wildman–Crippen MR) is 73.2 cm³/mol. The van der Waals surface area contributed by atoms with Crippen LogP contribution in [0.5, 0.6) is 0 Å². The van der Waals surface area contributed by atoms with Gasteiger partial charge in [0, 0.05) is 31.6 Å². The van der Waals surface area contributed by atoms with Gasteiger partial charge >= 0.3 is 0 Å². The Bertz CT molecular complexity index is 418. The summed E-state index contributed by atoms with van der Waals surface area (Å²) in [6, 6.07) is 0.167. The normalized spacial score (nSPS) is 28.6. The van der Waals surface area contributed by atoms with Gasteiger partial charge in [0.2, 0.25) is 15.9 Å². The fourth-order valence-corrected chi connectivity index (χ4v) is 3.67. The second-order valence-corrected chi connectivity index (χ2v) is 7.35. The van der Waals surface area contributed by atoms with E-state index >= 15 is 0 Å². The number of carbonyl (C=O) groups is 1. The fourth-order valence-electron chi connectivity index (χ4n) is 2.87. The minimum absolute atomic E-state index is 0.135. The van der Waals surface area contributed by atoms with Gasteiger partial charge in [-0.25, -0.2) is 13.1 Å². The first kappa shape index (κ1) is 14.7. The molecule has 2 unspecified atom stereocenters. The molecule has 2 aliphatic rings. The molecule has 7 heteroatoms. The number of nitrogens with one attached hydrogen (secondary N) is 2. The average molecular weight is 289 g/mol. The maximum atomic E-state index is 12.2. The summed E-state index contributed by atoms with van der Waals surface area (Å²) in [5, 5.41) is 3.32. The SMILES string of the molecule is CS(=O)(=O)NC1CCCN(C(=O)CC2CCCN2)C1. The van der Waals surface area contributed by atoms with Crippen molar-refractivity contribution in [3.8, 4) is 0 Å². The van der Waals surface area contributed by atoms with Gasteiger partial charge < -0.3 is 10.2 Å². The standard InChI is InChI=1S/C12H23N3O3S/c1-19(17,18)14-11-5-3-7-15(9-11)12(16)8-10-4-2-6-13-10/h10-11,13-14H,2-9H2,1H3. The minimum Gasteiger partial charge on any atom is -0.341 e. The van der Waals surface area contributed by atoms with E-state index in [1.807, 2.05) is 0 Å². The molecular weight excluding hydrogens is 266 g/mol. The molecule has 110 valence electrons. The second kappa shape index (κ2) is 6.19. The summed E-state index contributed by atoms with van der Waals surface area (Å²) in [5.74, 6) is 0.138. The van der Waals surface area contributed by atoms with Crippen LogP contribution >= 0.6 is 0 Å². The third-order valence-electron chi connectivity index (χ3n) is 3.74. The number of likely N-dealkylation sites (tertiary alicyclic amines) is 1. The van der Waals surface area contributed by atoms with Crippen molar-refractivity contribution in [2.24, 2.45) is 0 Å². The molecule has 0 aromatic rings. The Balaban J connectivity index is 1.84. The molecule has 2 aliphatic heterocycles. The number of hydrogen-bond donors (Lipinski definition) is 2. The van der Waals surface area contributed by atoms with Gasteiger partial charge in [-0.15, -0.1) is 0 Å². The molecule has 0 aromatic carbocycles. The van der Waals surface area contributed by atoms with Crippen LogP contribution < -0.4 is 10.0 Å². The molecule has 1 amide bonds. The maximum Gasteiger partial charge on any atom is 0.224 e. The Morgan fingerprint density at radius 1 is 1.37 bits per heavy atom. The number of carbonyl (C=O) groups excluding carboxylic acids is 1. The lowest BCUT2D eigenvalue weighted by atomic mass is 10.0. The predicted octanol–water partition coefficient (Wildman–Crippen LogP) is -0.331. The molecule has 0 aliphatic carbocycles. The lowest BCUT2D eigenvalue weighted by Gasteiger charge is -2.33. The molecule has 0 radical (unpaired) electrons. The van der Waals surface area contributed by atoms with Crippen molar-refractivity contribution in [2.45, 2.75) is 44.2 Å². The minimum atomic E-state index is -3.20. The van der Waals surface area contributed by atoms with Gasteiger partial charge in [-0.1, -0.05) is 0 Å². The van der Waals surface area contributed by atoms with Crippen LogP contribution in [-0.4, -0.2) is 57.2 Å². The molecule has 0 aromatic heterocycles. The summed E-state index contributed by atoms with van der Waals surface area (Å²) < 4.78 is 25.1. The Morgan fingerprint density at radius 3 is 2.79 bits per heavy atom. The summed E-state index contributed by atoms with van der Waals surface area (Å²) in [4.78, 5) is 14.0. The lowest BCUT2D eigenvalue weighted by molar-refractivity contribution is -0.132. The van der Waals surface area contributed by atoms with Gasteiger partial charge in [0.1, 0.15) is 0 Å². The monoisotopic (exact) mass is 289 g/mol. The first-order valence-electron chi connectivity index (χ1n) is 6.92. The zero-order valence-corrected chi connectivity index (χ0v) is 12.2. The van der Waals surface area contributed by atoms with Gasteiger partial charge in [-0.3, -0.25) is 4.79 Å². The Morgan fingerprint density at radius 2 is 2.16 bits per heavy atom. The van der Waals surface area contributed by atoms with Crippen molar-refractivity contribution in [1.29, 1.82) is 0 Å². The van der Waals surface area contributed by atoms with Crippen LogP contribution in [0.15, 0.2) is 0 Å². The van der Waals surface area contributed by atoms with Crippen molar-refractivity contribution in [1.82, 2.24) is 14.9 Å². The zero-order valence-electron chi connectivity index (χ0n) is 11.4. The quantitative estimate of drug-likeness (QED) is 0.743. The molecule has 2 atom stereocenters. The maximum absolute atomic E-state index is 12.2. The fraction of sp³-hybridized carbons (Fsp3) is 0.917. The van der Waals surface area contributed by atoms with Gasteiger partial charge in [0.25, 0.3) is 0 Å². The first-order chi connectivity index (χ1) is 8.94. The summed E-state index contributed by atoms with van der Waals surface area (Å²) >= 11 is 0. The topological polar surface area (TPSA) is 78.5 Å². The summed E-state index contributed by atoms with van der Waals surface area (Å²) in [6.45, 7) is 2.24. The van der Waals surface area contributed by atoms with Crippen LogP contribution in [-0.2, 0) is 14.8 Å². The average Bonchev–Trinajstić information content (AvgIpc) is 2.80. The summed E-state index contributed by atoms with van der Waals surface area (Å²) in [7, 11) is -3.20. The highest BCUT2D eigenvalue weighted by atomic mass is 32.2. The highest BCUT2D eigenvalue weighted by molar-refractivity contribution is 7.88. The van der Waals surface area contributed by atoms with Gasteiger partial charge in [-0.05, 0) is 32.2 Å². The third-order valence-corrected chi connectivity index (χ3v) is 4.50. The Labute approximate surface area is 115 Å². The van der Waals surface area contributed by atoms with Crippen molar-refractivity contribution >= 4 is 15.9 Å². The van der Waals surface area contributed by atoms with E-state index in [4.69, 9.17) is 0 Å². The number of sulfonamides is 1. The largest absolute Gasteiger partial charge is 0.341 e. The first-order valence-corrected chi connectivity index (χ1v) is 8.81. The molecule has 2 fully saturated rings. The molecule has 2 N–H and O–H groups in total. The second-order valence-electron chi connectivity index (χ2n) is 5.57. The summed E-state index contributed by atoms with van der Waals surface area (Å²) in [6.07, 6.45) is 5.55. The molecule has 6 nitrogen and oxygen atoms in total. The zero-order chi connectivity index (χ0) is 13.9. The van der Waals surface area contributed by atoms with E-state index in [1.165, 1.54) is 0 Å². The molecule has 0 bridgehead atoms. The van der Waals surface area contributed by atoms with Crippen LogP contribution in [0.4, 0.5) is 0 Å². The number of amides is 1. The van der Waals surface area contributed by atoms with Crippen LogP contribution in [0.2, 0.25) is 0 Å². The highest BCUT2D eigenvalue weighted by Crippen LogP contribution is 2.15. The van der Waals surface area contributed by atoms with Crippen molar-refractivity contribution in [2.75, 3.05) is 25.9 Å². The van der Waals surface area contributed by atoms with E-state index in [9.17, 15) is 13.2 Å². The number of rotatable bonds is 4. The molecule has 2 heterocycles. The number of piperidine rings is 1. The molecule has 2 saturated heterocycles. The van der Waals surface area contributed by atoms with Crippen molar-refractivity contribution in [3.05, 3.63) is 0 Å². The van der Waals surface area contributed by atoms with Crippen molar-refractivity contribution < 1.29 is 13.2 Å². The van der Waals surface area contributed by atoms with E-state index in [0.717, 1.165) is 45.0 Å². The molecule has 0 saturated carbocycles. The molecule has 19 heavy (non-hydrogen) atoms. The molecular formula is C12H23N3O3S. The van der Waals surface area contributed by atoms with E-state index in [1.54, 1.807) is 4.90 Å². The Kier molecular flexibility index (Phi) is 4.81. The van der Waals surface area contributed by atoms with Crippen LogP contribution in [0.3, 0.4) is 0 Å². The van der Waals surface area contributed by atoms with E-state index in [2.05, 4.69) is 10.0 Å². The van der Waals surface area contributed by atoms with Gasteiger partial charge in [-0.2, -0.15) is 0 Å². The van der Waals surface area contributed by atoms with E-state index in [-0.39, 0.29) is 11.9 Å². The van der Waals surface area contributed by atoms with Crippen molar-refractivity contribution in [3.63, 3.8) is 0 Å². The lowest BCUT2D eigenvalue weighted by Crippen LogP contribution is -2.50. The smallest absolute Gasteiger partial charge is 0.224 e. The highest BCUT2D eigenvalue weighted by Gasteiger charge is 2.27. The van der Waals surface area contributed by atoms with Crippen LogP contribution in [0.25, 0.3) is 0 Å². The summed E-state index contributed by atoms with van der Waals surface area (Å²) in [5.41, 5.74) is 0. The van der Waals surface area contributed by atoms with Crippen LogP contribution in [0.1, 0.15) is 32.1 Å². The van der Waals surface area contributed by atoms with Gasteiger partial charge in [0.05, 0.1) is 6.26 Å². The number of nitrogens with zero attached hydrogens (tertiary/aromatic N) is 1. The third kappa shape index (κ3) is 4.74. The number of hydrogen-bond acceptors (Lipinski definition) is 4. The van der Waals surface area contributed by atoms with E-state index in [0.29, 0.717) is 19.0 Å². The molecule has 0 spiro atoms. The van der Waals surface area contributed by atoms with Gasteiger partial charge in [0.15, 0.2) is 0 Å². The molecule has 2 rings (SSSR count). The van der Waals surface area contributed by atoms with E-state index < -0.39 is 10.0 Å². The van der Waals surface area contributed by atoms with Crippen LogP contribution in [0, 0.1) is 0 Å². The Hall–Kier alpha value is -0.660.